The monoisotopic (exact) mass is 401 g/mol. The first-order chi connectivity index (χ1) is 12.8. The first kappa shape index (κ1) is 19.8. The lowest BCUT2D eigenvalue weighted by molar-refractivity contribution is 0.290. The number of halogens is 1. The van der Waals surface area contributed by atoms with Crippen LogP contribution in [-0.4, -0.2) is 14.8 Å². The number of ether oxygens (including phenoxy) is 1. The van der Waals surface area contributed by atoms with E-state index in [0.29, 0.717) is 6.61 Å². The third kappa shape index (κ3) is 5.27. The lowest BCUT2D eigenvalue weighted by Gasteiger charge is -2.19. The van der Waals surface area contributed by atoms with E-state index in [1.54, 1.807) is 11.8 Å². The highest BCUT2D eigenvalue weighted by atomic mass is 35.5. The van der Waals surface area contributed by atoms with Crippen LogP contribution in [0.25, 0.3) is 0 Å². The highest BCUT2D eigenvalue weighted by Gasteiger charge is 2.14. The van der Waals surface area contributed by atoms with Gasteiger partial charge in [0, 0.05) is 17.8 Å². The lowest BCUT2D eigenvalue weighted by atomic mass is 9.87. The Hall–Kier alpha value is -1.98. The molecule has 1 heterocycles. The summed E-state index contributed by atoms with van der Waals surface area (Å²) in [6.45, 7) is 6.98. The number of aromatic nitrogens is 3. The molecule has 0 bridgehead atoms. The van der Waals surface area contributed by atoms with Gasteiger partial charge in [-0.2, -0.15) is 0 Å². The molecule has 0 radical (unpaired) electrons. The summed E-state index contributed by atoms with van der Waals surface area (Å²) in [5, 5.41) is 10.1. The highest BCUT2D eigenvalue weighted by Crippen LogP contribution is 2.25. The summed E-state index contributed by atoms with van der Waals surface area (Å²) in [5.74, 6) is 2.42. The van der Waals surface area contributed by atoms with Gasteiger partial charge in [0.2, 0.25) is 0 Å². The van der Waals surface area contributed by atoms with Crippen molar-refractivity contribution in [1.29, 1.82) is 0 Å². The van der Waals surface area contributed by atoms with Crippen LogP contribution in [-0.2, 0) is 24.8 Å². The number of rotatable bonds is 6. The van der Waals surface area contributed by atoms with Crippen molar-refractivity contribution in [2.75, 3.05) is 0 Å². The average Bonchev–Trinajstić information content (AvgIpc) is 2.98. The van der Waals surface area contributed by atoms with Crippen LogP contribution in [0.1, 0.15) is 37.7 Å². The SMILES string of the molecule is Cn1c(COc2ccc(C(C)(C)C)cc2)nnc1SCc1cccc(Cl)c1. The first-order valence-corrected chi connectivity index (χ1v) is 10.2. The van der Waals surface area contributed by atoms with Crippen LogP contribution >= 0.6 is 23.4 Å². The predicted octanol–water partition coefficient (Wildman–Crippen LogP) is 5.64. The maximum atomic E-state index is 6.04. The molecule has 27 heavy (non-hydrogen) atoms. The molecule has 0 fully saturated rings. The number of thioether (sulfide) groups is 1. The molecule has 142 valence electrons. The maximum Gasteiger partial charge on any atom is 0.191 e. The molecule has 0 aliphatic rings. The van der Waals surface area contributed by atoms with Crippen molar-refractivity contribution in [2.45, 2.75) is 43.7 Å². The van der Waals surface area contributed by atoms with E-state index in [1.807, 2.05) is 41.9 Å². The standard InChI is InChI=1S/C21H24ClN3OS/c1-21(2,3)16-8-10-18(11-9-16)26-13-19-23-24-20(25(19)4)27-14-15-6-5-7-17(22)12-15/h5-12H,13-14H2,1-4H3. The van der Waals surface area contributed by atoms with E-state index in [-0.39, 0.29) is 5.41 Å². The summed E-state index contributed by atoms with van der Waals surface area (Å²) in [7, 11) is 1.96. The minimum atomic E-state index is 0.136. The fourth-order valence-electron chi connectivity index (χ4n) is 2.57. The normalized spacial score (nSPS) is 11.6. The van der Waals surface area contributed by atoms with Gasteiger partial charge in [0.15, 0.2) is 11.0 Å². The molecule has 0 spiro atoms. The van der Waals surface area contributed by atoms with Crippen molar-refractivity contribution in [3.63, 3.8) is 0 Å². The van der Waals surface area contributed by atoms with Crippen LogP contribution in [0.3, 0.4) is 0 Å². The zero-order valence-corrected chi connectivity index (χ0v) is 17.6. The third-order valence-corrected chi connectivity index (χ3v) is 5.60. The van der Waals surface area contributed by atoms with E-state index < -0.39 is 0 Å². The molecule has 0 atom stereocenters. The molecule has 1 aromatic heterocycles. The van der Waals surface area contributed by atoms with E-state index in [9.17, 15) is 0 Å². The summed E-state index contributed by atoms with van der Waals surface area (Å²) < 4.78 is 7.85. The van der Waals surface area contributed by atoms with Gasteiger partial charge in [0.25, 0.3) is 0 Å². The molecule has 3 aromatic rings. The number of nitrogens with zero attached hydrogens (tertiary/aromatic N) is 3. The first-order valence-electron chi connectivity index (χ1n) is 8.82. The fourth-order valence-corrected chi connectivity index (χ4v) is 3.66. The molecule has 0 N–H and O–H groups in total. The van der Waals surface area contributed by atoms with Gasteiger partial charge >= 0.3 is 0 Å². The van der Waals surface area contributed by atoms with E-state index in [4.69, 9.17) is 16.3 Å². The molecule has 0 aliphatic carbocycles. The molecule has 2 aromatic carbocycles. The van der Waals surface area contributed by atoms with Gasteiger partial charge in [-0.1, -0.05) is 68.4 Å². The molecule has 4 nitrogen and oxygen atoms in total. The fraction of sp³-hybridized carbons (Fsp3) is 0.333. The van der Waals surface area contributed by atoms with Gasteiger partial charge < -0.3 is 9.30 Å². The molecule has 0 aliphatic heterocycles. The van der Waals surface area contributed by atoms with Gasteiger partial charge in [0.1, 0.15) is 12.4 Å². The summed E-state index contributed by atoms with van der Waals surface area (Å²) >= 11 is 7.67. The second-order valence-corrected chi connectivity index (χ2v) is 8.82. The number of hydrogen-bond acceptors (Lipinski definition) is 4. The Balaban J connectivity index is 1.58. The Labute approximate surface area is 169 Å². The number of hydrogen-bond donors (Lipinski definition) is 0. The third-order valence-electron chi connectivity index (χ3n) is 4.27. The lowest BCUT2D eigenvalue weighted by Crippen LogP contribution is -2.10. The van der Waals surface area contributed by atoms with E-state index in [1.165, 1.54) is 5.56 Å². The van der Waals surface area contributed by atoms with Crippen molar-refractivity contribution in [3.05, 3.63) is 70.5 Å². The molecular formula is C21H24ClN3OS. The van der Waals surface area contributed by atoms with Crippen LogP contribution in [0.5, 0.6) is 5.75 Å². The van der Waals surface area contributed by atoms with Crippen LogP contribution in [0.15, 0.2) is 53.7 Å². The second kappa shape index (κ2) is 8.36. The molecule has 6 heteroatoms. The molecule has 0 amide bonds. The van der Waals surface area contributed by atoms with E-state index in [2.05, 4.69) is 49.2 Å². The molecule has 0 saturated carbocycles. The molecule has 3 rings (SSSR count). The van der Waals surface area contributed by atoms with Crippen molar-refractivity contribution in [3.8, 4) is 5.75 Å². The molecular weight excluding hydrogens is 378 g/mol. The summed E-state index contributed by atoms with van der Waals surface area (Å²) in [6, 6.07) is 16.1. The van der Waals surface area contributed by atoms with Crippen LogP contribution in [0.4, 0.5) is 0 Å². The topological polar surface area (TPSA) is 39.9 Å². The Morgan fingerprint density at radius 1 is 1.07 bits per heavy atom. The zero-order chi connectivity index (χ0) is 19.4. The second-order valence-electron chi connectivity index (χ2n) is 7.44. The molecule has 0 unspecified atom stereocenters. The minimum Gasteiger partial charge on any atom is -0.486 e. The highest BCUT2D eigenvalue weighted by molar-refractivity contribution is 7.98. The Kier molecular flexibility index (Phi) is 6.12. The van der Waals surface area contributed by atoms with Crippen molar-refractivity contribution < 1.29 is 4.74 Å². The predicted molar refractivity (Wildman–Crippen MR) is 111 cm³/mol. The summed E-state index contributed by atoms with van der Waals surface area (Å²) in [4.78, 5) is 0. The van der Waals surface area contributed by atoms with E-state index in [0.717, 1.165) is 33.1 Å². The van der Waals surface area contributed by atoms with Gasteiger partial charge in [0.05, 0.1) is 0 Å². The van der Waals surface area contributed by atoms with Crippen LogP contribution in [0.2, 0.25) is 5.02 Å². The average molecular weight is 402 g/mol. The minimum absolute atomic E-state index is 0.136. The number of benzene rings is 2. The molecule has 0 saturated heterocycles. The quantitative estimate of drug-likeness (QED) is 0.501. The Bertz CT molecular complexity index is 901. The maximum absolute atomic E-state index is 6.04. The largest absolute Gasteiger partial charge is 0.486 e. The van der Waals surface area contributed by atoms with Crippen molar-refractivity contribution in [1.82, 2.24) is 14.8 Å². The van der Waals surface area contributed by atoms with Crippen molar-refractivity contribution >= 4 is 23.4 Å². The van der Waals surface area contributed by atoms with Gasteiger partial charge in [-0.3, -0.25) is 0 Å². The summed E-state index contributed by atoms with van der Waals surface area (Å²) in [5.41, 5.74) is 2.58. The van der Waals surface area contributed by atoms with Gasteiger partial charge in [-0.15, -0.1) is 10.2 Å². The van der Waals surface area contributed by atoms with Gasteiger partial charge in [-0.05, 0) is 40.8 Å². The van der Waals surface area contributed by atoms with Crippen LogP contribution in [0, 0.1) is 0 Å². The van der Waals surface area contributed by atoms with E-state index >= 15 is 0 Å². The summed E-state index contributed by atoms with van der Waals surface area (Å²) in [6.07, 6.45) is 0. The van der Waals surface area contributed by atoms with Crippen LogP contribution < -0.4 is 4.74 Å². The zero-order valence-electron chi connectivity index (χ0n) is 16.1. The van der Waals surface area contributed by atoms with Gasteiger partial charge in [-0.25, -0.2) is 0 Å². The van der Waals surface area contributed by atoms with Crippen molar-refractivity contribution in [2.24, 2.45) is 7.05 Å². The smallest absolute Gasteiger partial charge is 0.191 e. The Morgan fingerprint density at radius 3 is 2.48 bits per heavy atom. The Morgan fingerprint density at radius 2 is 1.81 bits per heavy atom.